The normalized spacial score (nSPS) is 14.3. The topological polar surface area (TPSA) is 86.7 Å². The van der Waals surface area contributed by atoms with E-state index in [4.69, 9.17) is 5.11 Å². The molecule has 0 amide bonds. The third-order valence-corrected chi connectivity index (χ3v) is 6.50. The molecule has 0 saturated carbocycles. The minimum Gasteiger partial charge on any atom is -0.395 e. The Kier molecular flexibility index (Phi) is 6.69. The zero-order valence-corrected chi connectivity index (χ0v) is 15.0. The maximum Gasteiger partial charge on any atom is 0.243 e. The summed E-state index contributed by atoms with van der Waals surface area (Å²) in [7, 11) is -3.55. The lowest BCUT2D eigenvalue weighted by Crippen LogP contribution is -2.34. The molecule has 0 aromatic heterocycles. The highest BCUT2D eigenvalue weighted by molar-refractivity contribution is 7.89. The van der Waals surface area contributed by atoms with Gasteiger partial charge in [0.05, 0.1) is 27.2 Å². The SMILES string of the molecule is CN(CCO)S(=O)(=O)c1ccccc1CNS(=O)C(C)(C)C. The third-order valence-electron chi connectivity index (χ3n) is 3.03. The molecule has 126 valence electrons. The fourth-order valence-corrected chi connectivity index (χ4v) is 3.79. The van der Waals surface area contributed by atoms with Crippen molar-refractivity contribution < 1.29 is 17.7 Å². The first-order valence-electron chi connectivity index (χ1n) is 6.91. The van der Waals surface area contributed by atoms with Crippen LogP contribution in [0.1, 0.15) is 26.3 Å². The molecule has 0 radical (unpaired) electrons. The van der Waals surface area contributed by atoms with Gasteiger partial charge in [-0.1, -0.05) is 18.2 Å². The van der Waals surface area contributed by atoms with Crippen LogP contribution in [0.5, 0.6) is 0 Å². The van der Waals surface area contributed by atoms with E-state index < -0.39 is 25.8 Å². The number of aliphatic hydroxyl groups is 1. The first-order chi connectivity index (χ1) is 10.1. The Morgan fingerprint density at radius 2 is 1.86 bits per heavy atom. The van der Waals surface area contributed by atoms with E-state index in [-0.39, 0.29) is 24.6 Å². The van der Waals surface area contributed by atoms with Crippen LogP contribution in [0.4, 0.5) is 0 Å². The van der Waals surface area contributed by atoms with E-state index in [2.05, 4.69) is 4.72 Å². The predicted octanol–water partition coefficient (Wildman–Crippen LogP) is 0.851. The number of sulfonamides is 1. The van der Waals surface area contributed by atoms with Crippen LogP contribution in [-0.4, -0.2) is 47.0 Å². The van der Waals surface area contributed by atoms with Gasteiger partial charge in [0, 0.05) is 20.1 Å². The Hall–Kier alpha value is -0.800. The van der Waals surface area contributed by atoms with Crippen LogP contribution in [0.25, 0.3) is 0 Å². The van der Waals surface area contributed by atoms with Gasteiger partial charge in [0.15, 0.2) is 0 Å². The van der Waals surface area contributed by atoms with E-state index >= 15 is 0 Å². The van der Waals surface area contributed by atoms with E-state index in [1.165, 1.54) is 13.1 Å². The van der Waals surface area contributed by atoms with Crippen molar-refractivity contribution in [2.75, 3.05) is 20.2 Å². The predicted molar refractivity (Wildman–Crippen MR) is 88.1 cm³/mol. The first-order valence-corrected chi connectivity index (χ1v) is 9.50. The van der Waals surface area contributed by atoms with E-state index in [9.17, 15) is 12.6 Å². The smallest absolute Gasteiger partial charge is 0.243 e. The number of hydrogen-bond donors (Lipinski definition) is 2. The third kappa shape index (κ3) is 4.85. The van der Waals surface area contributed by atoms with Gasteiger partial charge in [-0.25, -0.2) is 17.3 Å². The molecule has 1 rings (SSSR count). The number of nitrogens with zero attached hydrogens (tertiary/aromatic N) is 1. The summed E-state index contributed by atoms with van der Waals surface area (Å²) in [6, 6.07) is 6.58. The Bertz CT molecular complexity index is 624. The maximum absolute atomic E-state index is 12.5. The fourth-order valence-electron chi connectivity index (χ4n) is 1.69. The summed E-state index contributed by atoms with van der Waals surface area (Å²) >= 11 is 0. The number of likely N-dealkylation sites (N-methyl/N-ethyl adjacent to an activating group) is 1. The number of hydrogen-bond acceptors (Lipinski definition) is 4. The second-order valence-corrected chi connectivity index (χ2v) is 9.92. The lowest BCUT2D eigenvalue weighted by Gasteiger charge is -2.20. The lowest BCUT2D eigenvalue weighted by molar-refractivity contribution is 0.266. The van der Waals surface area contributed by atoms with Gasteiger partial charge in [-0.2, -0.15) is 4.31 Å². The number of rotatable bonds is 7. The molecule has 0 saturated heterocycles. The maximum atomic E-state index is 12.5. The lowest BCUT2D eigenvalue weighted by atomic mass is 10.2. The van der Waals surface area contributed by atoms with Gasteiger partial charge < -0.3 is 5.11 Å². The van der Waals surface area contributed by atoms with Crippen molar-refractivity contribution in [3.8, 4) is 0 Å². The molecule has 6 nitrogen and oxygen atoms in total. The summed E-state index contributed by atoms with van der Waals surface area (Å²) < 4.78 is 40.6. The van der Waals surface area contributed by atoms with Crippen molar-refractivity contribution in [1.29, 1.82) is 0 Å². The van der Waals surface area contributed by atoms with Crippen molar-refractivity contribution in [3.05, 3.63) is 29.8 Å². The molecule has 0 aliphatic carbocycles. The summed E-state index contributed by atoms with van der Waals surface area (Å²) in [4.78, 5) is 0.157. The summed E-state index contributed by atoms with van der Waals surface area (Å²) in [5, 5.41) is 8.92. The number of aliphatic hydroxyl groups excluding tert-OH is 1. The minimum absolute atomic E-state index is 0.0258. The average Bonchev–Trinajstić information content (AvgIpc) is 2.44. The van der Waals surface area contributed by atoms with Crippen molar-refractivity contribution in [2.45, 2.75) is 37.0 Å². The molecule has 0 spiro atoms. The summed E-state index contributed by atoms with van der Waals surface area (Å²) in [5.74, 6) is 0. The number of benzene rings is 1. The Balaban J connectivity index is 3.03. The molecule has 0 heterocycles. The quantitative estimate of drug-likeness (QED) is 0.765. The van der Waals surface area contributed by atoms with Crippen LogP contribution in [0.2, 0.25) is 0 Å². The van der Waals surface area contributed by atoms with Gasteiger partial charge in [0.1, 0.15) is 0 Å². The Labute approximate surface area is 135 Å². The van der Waals surface area contributed by atoms with E-state index in [1.54, 1.807) is 18.2 Å². The van der Waals surface area contributed by atoms with Gasteiger partial charge >= 0.3 is 0 Å². The minimum atomic E-state index is -3.68. The molecule has 1 aromatic rings. The van der Waals surface area contributed by atoms with E-state index in [1.807, 2.05) is 20.8 Å². The molecule has 0 aliphatic rings. The van der Waals surface area contributed by atoms with Gasteiger partial charge in [0.25, 0.3) is 0 Å². The zero-order valence-electron chi connectivity index (χ0n) is 13.4. The highest BCUT2D eigenvalue weighted by Crippen LogP contribution is 2.20. The Morgan fingerprint density at radius 1 is 1.27 bits per heavy atom. The Morgan fingerprint density at radius 3 is 2.41 bits per heavy atom. The molecule has 22 heavy (non-hydrogen) atoms. The molecule has 0 fully saturated rings. The van der Waals surface area contributed by atoms with Crippen LogP contribution < -0.4 is 4.72 Å². The molecule has 0 bridgehead atoms. The van der Waals surface area contributed by atoms with Crippen molar-refractivity contribution in [3.63, 3.8) is 0 Å². The second-order valence-electron chi connectivity index (χ2n) is 5.86. The first kappa shape index (κ1) is 19.2. The molecular weight excluding hydrogens is 324 g/mol. The van der Waals surface area contributed by atoms with Gasteiger partial charge in [0.2, 0.25) is 10.0 Å². The molecule has 2 N–H and O–H groups in total. The number of nitrogens with one attached hydrogen (secondary N) is 1. The van der Waals surface area contributed by atoms with Crippen LogP contribution in [-0.2, 0) is 27.6 Å². The summed E-state index contributed by atoms with van der Waals surface area (Å²) in [5.41, 5.74) is 0.546. The van der Waals surface area contributed by atoms with Crippen molar-refractivity contribution in [2.24, 2.45) is 0 Å². The highest BCUT2D eigenvalue weighted by Gasteiger charge is 2.24. The molecule has 1 atom stereocenters. The molecule has 0 aliphatic heterocycles. The molecular formula is C14H24N2O4S2. The fraction of sp³-hybridized carbons (Fsp3) is 0.571. The average molecular weight is 348 g/mol. The molecule has 1 unspecified atom stereocenters. The standard InChI is InChI=1S/C14H24N2O4S2/c1-14(2,3)21(18)15-11-12-7-5-6-8-13(12)22(19,20)16(4)9-10-17/h5-8,15,17H,9-11H2,1-4H3. The van der Waals surface area contributed by atoms with Crippen LogP contribution in [0.15, 0.2) is 29.2 Å². The van der Waals surface area contributed by atoms with E-state index in [0.29, 0.717) is 5.56 Å². The zero-order chi connectivity index (χ0) is 17.0. The molecule has 8 heteroatoms. The van der Waals surface area contributed by atoms with Crippen LogP contribution in [0.3, 0.4) is 0 Å². The largest absolute Gasteiger partial charge is 0.395 e. The van der Waals surface area contributed by atoms with Crippen molar-refractivity contribution >= 4 is 21.0 Å². The highest BCUT2D eigenvalue weighted by atomic mass is 32.2. The van der Waals surface area contributed by atoms with Gasteiger partial charge in [-0.3, -0.25) is 0 Å². The van der Waals surface area contributed by atoms with Crippen LogP contribution in [0, 0.1) is 0 Å². The monoisotopic (exact) mass is 348 g/mol. The summed E-state index contributed by atoms with van der Waals surface area (Å²) in [6.45, 7) is 5.49. The second kappa shape index (κ2) is 7.65. The summed E-state index contributed by atoms with van der Waals surface area (Å²) in [6.07, 6.45) is 0. The van der Waals surface area contributed by atoms with Gasteiger partial charge in [-0.15, -0.1) is 0 Å². The van der Waals surface area contributed by atoms with Gasteiger partial charge in [-0.05, 0) is 32.4 Å². The molecule has 1 aromatic carbocycles. The van der Waals surface area contributed by atoms with E-state index in [0.717, 1.165) is 4.31 Å². The van der Waals surface area contributed by atoms with Crippen molar-refractivity contribution in [1.82, 2.24) is 9.03 Å². The van der Waals surface area contributed by atoms with Crippen LogP contribution >= 0.6 is 0 Å².